The summed E-state index contributed by atoms with van der Waals surface area (Å²) in [5, 5.41) is 0. The Hall–Kier alpha value is -0.920. The molecule has 2 fully saturated rings. The first-order chi connectivity index (χ1) is 6.29. The molecule has 0 saturated heterocycles. The highest BCUT2D eigenvalue weighted by Gasteiger charge is 2.64. The molecular formula is C11H12O2. The largest absolute Gasteiger partial charge is 0.303 e. The zero-order chi connectivity index (χ0) is 9.05. The van der Waals surface area contributed by atoms with E-state index in [1.165, 1.54) is 0 Å². The van der Waals surface area contributed by atoms with Crippen LogP contribution in [0.5, 0.6) is 0 Å². The Morgan fingerprint density at radius 2 is 2.38 bits per heavy atom. The zero-order valence-electron chi connectivity index (χ0n) is 7.40. The van der Waals surface area contributed by atoms with Crippen molar-refractivity contribution in [2.24, 2.45) is 23.2 Å². The van der Waals surface area contributed by atoms with Gasteiger partial charge in [0.05, 0.1) is 0 Å². The van der Waals surface area contributed by atoms with Gasteiger partial charge in [-0.15, -0.1) is 0 Å². The van der Waals surface area contributed by atoms with Gasteiger partial charge < -0.3 is 4.79 Å². The molecule has 3 aliphatic rings. The molecule has 13 heavy (non-hydrogen) atoms. The Morgan fingerprint density at radius 3 is 2.92 bits per heavy atom. The van der Waals surface area contributed by atoms with E-state index in [9.17, 15) is 9.59 Å². The molecule has 0 N–H and O–H groups in total. The second kappa shape index (κ2) is 2.11. The van der Waals surface area contributed by atoms with Crippen LogP contribution in [0.2, 0.25) is 0 Å². The number of rotatable bonds is 1. The number of ketones is 1. The maximum atomic E-state index is 11.7. The lowest BCUT2D eigenvalue weighted by Gasteiger charge is -2.44. The van der Waals surface area contributed by atoms with Gasteiger partial charge in [-0.05, 0) is 37.2 Å². The summed E-state index contributed by atoms with van der Waals surface area (Å²) in [6.45, 7) is 0. The number of hydrogen-bond donors (Lipinski definition) is 0. The molecule has 0 heterocycles. The first-order valence-corrected chi connectivity index (χ1v) is 4.97. The molecule has 0 aromatic carbocycles. The normalized spacial score (nSPS) is 51.4. The van der Waals surface area contributed by atoms with E-state index in [4.69, 9.17) is 0 Å². The Morgan fingerprint density at radius 1 is 1.54 bits per heavy atom. The summed E-state index contributed by atoms with van der Waals surface area (Å²) in [7, 11) is 0. The Bertz CT molecular complexity index is 318. The van der Waals surface area contributed by atoms with Gasteiger partial charge in [0.15, 0.2) is 5.78 Å². The maximum Gasteiger partial charge on any atom is 0.162 e. The van der Waals surface area contributed by atoms with Crippen molar-refractivity contribution in [3.05, 3.63) is 12.2 Å². The van der Waals surface area contributed by atoms with Gasteiger partial charge in [-0.3, -0.25) is 4.79 Å². The van der Waals surface area contributed by atoms with Crippen LogP contribution in [-0.2, 0) is 9.59 Å². The summed E-state index contributed by atoms with van der Waals surface area (Å²) in [6.07, 6.45) is 7.82. The van der Waals surface area contributed by atoms with Crippen LogP contribution in [0.4, 0.5) is 0 Å². The first-order valence-electron chi connectivity index (χ1n) is 4.97. The molecule has 0 unspecified atom stereocenters. The van der Waals surface area contributed by atoms with E-state index in [1.54, 1.807) is 6.08 Å². The topological polar surface area (TPSA) is 34.1 Å². The van der Waals surface area contributed by atoms with Crippen molar-refractivity contribution < 1.29 is 9.59 Å². The van der Waals surface area contributed by atoms with Crippen molar-refractivity contribution in [2.75, 3.05) is 0 Å². The van der Waals surface area contributed by atoms with Crippen LogP contribution in [0.1, 0.15) is 19.3 Å². The fraction of sp³-hybridized carbons (Fsp3) is 0.636. The van der Waals surface area contributed by atoms with Gasteiger partial charge in [0, 0.05) is 11.3 Å². The summed E-state index contributed by atoms with van der Waals surface area (Å²) in [4.78, 5) is 22.5. The van der Waals surface area contributed by atoms with Crippen LogP contribution in [0.15, 0.2) is 12.2 Å². The van der Waals surface area contributed by atoms with Crippen molar-refractivity contribution in [2.45, 2.75) is 19.3 Å². The van der Waals surface area contributed by atoms with Crippen LogP contribution in [0.3, 0.4) is 0 Å². The van der Waals surface area contributed by atoms with Crippen LogP contribution in [0.25, 0.3) is 0 Å². The Labute approximate surface area is 77.0 Å². The first kappa shape index (κ1) is 7.48. The standard InChI is InChI=1S/C11H12O2/c12-6-7-5-8-1-2-10(13)11(8)4-3-9(7)11/h1-2,6-9H,3-5H2/t7-,8-,9-,11-/m0/s1. The van der Waals surface area contributed by atoms with Gasteiger partial charge >= 0.3 is 0 Å². The van der Waals surface area contributed by atoms with E-state index < -0.39 is 0 Å². The fourth-order valence-corrected chi connectivity index (χ4v) is 3.59. The number of carbonyl (C=O) groups is 2. The average molecular weight is 176 g/mol. The van der Waals surface area contributed by atoms with Crippen molar-refractivity contribution in [1.29, 1.82) is 0 Å². The lowest BCUT2D eigenvalue weighted by Crippen LogP contribution is -2.45. The quantitative estimate of drug-likeness (QED) is 0.565. The van der Waals surface area contributed by atoms with Crippen molar-refractivity contribution in [1.82, 2.24) is 0 Å². The summed E-state index contributed by atoms with van der Waals surface area (Å²) >= 11 is 0. The highest BCUT2D eigenvalue weighted by molar-refractivity contribution is 5.99. The summed E-state index contributed by atoms with van der Waals surface area (Å²) in [5.74, 6) is 1.21. The molecular weight excluding hydrogens is 164 g/mol. The third-order valence-corrected chi connectivity index (χ3v) is 4.35. The number of allylic oxidation sites excluding steroid dienone is 2. The van der Waals surface area contributed by atoms with Gasteiger partial charge in [0.1, 0.15) is 6.29 Å². The molecule has 2 heteroatoms. The molecule has 0 aliphatic heterocycles. The van der Waals surface area contributed by atoms with Gasteiger partial charge in [0.25, 0.3) is 0 Å². The van der Waals surface area contributed by atoms with Gasteiger partial charge in [0.2, 0.25) is 0 Å². The smallest absolute Gasteiger partial charge is 0.162 e. The monoisotopic (exact) mass is 176 g/mol. The summed E-state index contributed by atoms with van der Waals surface area (Å²) < 4.78 is 0. The molecule has 0 radical (unpaired) electrons. The third kappa shape index (κ3) is 0.630. The van der Waals surface area contributed by atoms with Crippen molar-refractivity contribution >= 4 is 12.1 Å². The molecule has 3 rings (SSSR count). The van der Waals surface area contributed by atoms with Crippen LogP contribution in [-0.4, -0.2) is 12.1 Å². The van der Waals surface area contributed by atoms with Crippen molar-refractivity contribution in [3.63, 3.8) is 0 Å². The highest BCUT2D eigenvalue weighted by atomic mass is 16.1. The average Bonchev–Trinajstić information content (AvgIpc) is 2.51. The summed E-state index contributed by atoms with van der Waals surface area (Å²) in [6, 6.07) is 0. The third-order valence-electron chi connectivity index (χ3n) is 4.35. The number of aldehydes is 1. The second-order valence-electron chi connectivity index (χ2n) is 4.55. The number of carbonyl (C=O) groups excluding carboxylic acids is 2. The van der Waals surface area contributed by atoms with Crippen LogP contribution in [0, 0.1) is 23.2 Å². The molecule has 4 atom stereocenters. The van der Waals surface area contributed by atoms with E-state index >= 15 is 0 Å². The number of hydrogen-bond acceptors (Lipinski definition) is 2. The minimum absolute atomic E-state index is 0.106. The lowest BCUT2D eigenvalue weighted by atomic mass is 9.57. The summed E-state index contributed by atoms with van der Waals surface area (Å²) in [5.41, 5.74) is -0.106. The van der Waals surface area contributed by atoms with Gasteiger partial charge in [-0.2, -0.15) is 0 Å². The molecule has 3 aliphatic carbocycles. The van der Waals surface area contributed by atoms with Crippen LogP contribution < -0.4 is 0 Å². The molecule has 0 bridgehead atoms. The highest BCUT2D eigenvalue weighted by Crippen LogP contribution is 2.65. The predicted octanol–water partition coefficient (Wildman–Crippen LogP) is 1.36. The fourth-order valence-electron chi connectivity index (χ4n) is 3.59. The SMILES string of the molecule is O=C[C@@H]1C[C@@H]2C=CC(=O)[C@@]23CC[C@@H]13. The van der Waals surface area contributed by atoms with Crippen molar-refractivity contribution in [3.8, 4) is 0 Å². The van der Waals surface area contributed by atoms with E-state index in [1.807, 2.05) is 6.08 Å². The van der Waals surface area contributed by atoms with Crippen LogP contribution >= 0.6 is 0 Å². The predicted molar refractivity (Wildman–Crippen MR) is 47.0 cm³/mol. The maximum absolute atomic E-state index is 11.7. The molecule has 0 aromatic heterocycles. The molecule has 0 amide bonds. The minimum atomic E-state index is -0.106. The van der Waals surface area contributed by atoms with E-state index in [0.29, 0.717) is 11.8 Å². The van der Waals surface area contributed by atoms with E-state index in [0.717, 1.165) is 25.5 Å². The lowest BCUT2D eigenvalue weighted by molar-refractivity contribution is -0.134. The molecule has 68 valence electrons. The molecule has 1 spiro atoms. The Balaban J connectivity index is 2.03. The van der Waals surface area contributed by atoms with E-state index in [2.05, 4.69) is 0 Å². The van der Waals surface area contributed by atoms with Gasteiger partial charge in [-0.25, -0.2) is 0 Å². The Kier molecular flexibility index (Phi) is 1.22. The zero-order valence-corrected chi connectivity index (χ0v) is 7.40. The van der Waals surface area contributed by atoms with Gasteiger partial charge in [-0.1, -0.05) is 6.08 Å². The molecule has 2 saturated carbocycles. The molecule has 0 aromatic rings. The molecule has 2 nitrogen and oxygen atoms in total. The second-order valence-corrected chi connectivity index (χ2v) is 4.55. The van der Waals surface area contributed by atoms with E-state index in [-0.39, 0.29) is 17.1 Å². The minimum Gasteiger partial charge on any atom is -0.303 e.